The van der Waals surface area contributed by atoms with Crippen molar-refractivity contribution in [3.63, 3.8) is 0 Å². The lowest BCUT2D eigenvalue weighted by atomic mass is 10.1. The van der Waals surface area contributed by atoms with Crippen molar-refractivity contribution >= 4 is 11.8 Å². The van der Waals surface area contributed by atoms with Crippen LogP contribution in [0.1, 0.15) is 32.0 Å². The first-order valence-electron chi connectivity index (χ1n) is 7.45. The number of nitrogens with zero attached hydrogens (tertiary/aromatic N) is 1. The van der Waals surface area contributed by atoms with Crippen LogP contribution < -0.4 is 10.9 Å². The topological polar surface area (TPSA) is 76.3 Å². The zero-order valence-electron chi connectivity index (χ0n) is 13.4. The van der Waals surface area contributed by atoms with Gasteiger partial charge in [0.2, 0.25) is 0 Å². The molecule has 0 saturated heterocycles. The number of benzene rings is 1. The van der Waals surface area contributed by atoms with E-state index in [9.17, 15) is 9.59 Å². The highest BCUT2D eigenvalue weighted by Crippen LogP contribution is 2.16. The highest BCUT2D eigenvalue weighted by Gasteiger charge is 2.14. The van der Waals surface area contributed by atoms with Crippen molar-refractivity contribution in [2.45, 2.75) is 13.8 Å². The van der Waals surface area contributed by atoms with E-state index in [1.54, 1.807) is 25.1 Å². The van der Waals surface area contributed by atoms with Crippen LogP contribution >= 0.6 is 0 Å². The highest BCUT2D eigenvalue weighted by atomic mass is 16.3. The van der Waals surface area contributed by atoms with Gasteiger partial charge < -0.3 is 8.98 Å². The molecule has 0 unspecified atom stereocenters. The number of nitrogens with one attached hydrogen (secondary N) is 2. The van der Waals surface area contributed by atoms with Crippen LogP contribution in [0.4, 0.5) is 0 Å². The molecule has 2 heterocycles. The molecule has 0 aliphatic carbocycles. The first kappa shape index (κ1) is 15.6. The predicted molar refractivity (Wildman–Crippen MR) is 88.9 cm³/mol. The van der Waals surface area contributed by atoms with Gasteiger partial charge in [-0.2, -0.15) is 0 Å². The molecule has 6 nitrogen and oxygen atoms in total. The molecule has 1 aromatic carbocycles. The summed E-state index contributed by atoms with van der Waals surface area (Å²) < 4.78 is 7.00. The summed E-state index contributed by atoms with van der Waals surface area (Å²) in [6, 6.07) is 10.7. The second kappa shape index (κ2) is 6.45. The molecule has 0 atom stereocenters. The Hall–Kier alpha value is -3.28. The van der Waals surface area contributed by atoms with E-state index in [4.69, 9.17) is 4.42 Å². The second-order valence-corrected chi connectivity index (χ2v) is 5.39. The maximum Gasteiger partial charge on any atom is 0.273 e. The number of hydrazine groups is 1. The van der Waals surface area contributed by atoms with Gasteiger partial charge in [0.15, 0.2) is 0 Å². The van der Waals surface area contributed by atoms with E-state index in [0.717, 1.165) is 11.3 Å². The smallest absolute Gasteiger partial charge is 0.273 e. The summed E-state index contributed by atoms with van der Waals surface area (Å²) >= 11 is 0. The molecule has 0 aliphatic heterocycles. The molecule has 3 aromatic rings. The molecule has 0 aliphatic rings. The van der Waals surface area contributed by atoms with Gasteiger partial charge in [0, 0.05) is 23.6 Å². The van der Waals surface area contributed by atoms with Crippen LogP contribution in [0, 0.1) is 13.8 Å². The molecule has 122 valence electrons. The number of rotatable bonds is 3. The van der Waals surface area contributed by atoms with E-state index in [1.165, 1.54) is 6.26 Å². The van der Waals surface area contributed by atoms with Crippen molar-refractivity contribution < 1.29 is 14.0 Å². The van der Waals surface area contributed by atoms with E-state index in [1.807, 2.05) is 42.1 Å². The van der Waals surface area contributed by atoms with Crippen LogP contribution in [-0.2, 0) is 0 Å². The van der Waals surface area contributed by atoms with Gasteiger partial charge in [-0.1, -0.05) is 6.07 Å². The average molecular weight is 323 g/mol. The third-order valence-corrected chi connectivity index (χ3v) is 3.75. The summed E-state index contributed by atoms with van der Waals surface area (Å²) in [4.78, 5) is 24.3. The Kier molecular flexibility index (Phi) is 4.20. The Morgan fingerprint density at radius 3 is 2.38 bits per heavy atom. The van der Waals surface area contributed by atoms with Crippen LogP contribution in [0.15, 0.2) is 59.5 Å². The number of hydrogen-bond donors (Lipinski definition) is 2. The van der Waals surface area contributed by atoms with Crippen molar-refractivity contribution in [1.29, 1.82) is 0 Å². The summed E-state index contributed by atoms with van der Waals surface area (Å²) in [6.45, 7) is 3.65. The Morgan fingerprint density at radius 1 is 1.00 bits per heavy atom. The van der Waals surface area contributed by atoms with E-state index < -0.39 is 11.8 Å². The monoisotopic (exact) mass is 323 g/mol. The van der Waals surface area contributed by atoms with Gasteiger partial charge in [-0.3, -0.25) is 20.4 Å². The number of furan rings is 1. The normalized spacial score (nSPS) is 10.4. The van der Waals surface area contributed by atoms with Crippen molar-refractivity contribution in [2.24, 2.45) is 0 Å². The molecule has 2 amide bonds. The standard InChI is InChI=1S/C18H17N3O3/c1-12-5-6-14(11-16(12)21-8-3-4-9-21)17(22)19-20-18(23)15-7-10-24-13(15)2/h3-11H,1-2H3,(H,19,22)(H,20,23). The summed E-state index contributed by atoms with van der Waals surface area (Å²) in [5.41, 5.74) is 7.59. The summed E-state index contributed by atoms with van der Waals surface area (Å²) in [5.74, 6) is -0.322. The molecule has 2 N–H and O–H groups in total. The zero-order valence-corrected chi connectivity index (χ0v) is 13.4. The fourth-order valence-corrected chi connectivity index (χ4v) is 2.40. The van der Waals surface area contributed by atoms with Gasteiger partial charge in [-0.25, -0.2) is 0 Å². The van der Waals surface area contributed by atoms with Crippen LogP contribution in [0.3, 0.4) is 0 Å². The van der Waals surface area contributed by atoms with E-state index in [2.05, 4.69) is 10.9 Å². The molecule has 6 heteroatoms. The molecular formula is C18H17N3O3. The van der Waals surface area contributed by atoms with Gasteiger partial charge in [0.1, 0.15) is 5.76 Å². The van der Waals surface area contributed by atoms with E-state index in [-0.39, 0.29) is 0 Å². The van der Waals surface area contributed by atoms with Crippen molar-refractivity contribution in [2.75, 3.05) is 0 Å². The maximum atomic E-state index is 12.3. The third-order valence-electron chi connectivity index (χ3n) is 3.75. The minimum atomic E-state index is -0.424. The lowest BCUT2D eigenvalue weighted by Crippen LogP contribution is -2.41. The Morgan fingerprint density at radius 2 is 1.71 bits per heavy atom. The molecule has 0 spiro atoms. The fourth-order valence-electron chi connectivity index (χ4n) is 2.40. The van der Waals surface area contributed by atoms with Gasteiger partial charge >= 0.3 is 0 Å². The quantitative estimate of drug-likeness (QED) is 0.728. The lowest BCUT2D eigenvalue weighted by Gasteiger charge is -2.11. The molecule has 2 aromatic heterocycles. The largest absolute Gasteiger partial charge is 0.469 e. The SMILES string of the molecule is Cc1ccc(C(=O)NNC(=O)c2ccoc2C)cc1-n1cccc1. The number of amides is 2. The van der Waals surface area contributed by atoms with Gasteiger partial charge in [-0.05, 0) is 49.7 Å². The molecule has 0 fully saturated rings. The fraction of sp³-hybridized carbons (Fsp3) is 0.111. The third kappa shape index (κ3) is 3.08. The Labute approximate surface area is 139 Å². The number of carbonyl (C=O) groups excluding carboxylic acids is 2. The number of carbonyl (C=O) groups is 2. The summed E-state index contributed by atoms with van der Waals surface area (Å²) in [7, 11) is 0. The van der Waals surface area contributed by atoms with Crippen LogP contribution in [0.5, 0.6) is 0 Å². The van der Waals surface area contributed by atoms with Crippen molar-refractivity contribution in [3.05, 3.63) is 77.5 Å². The molecule has 0 saturated carbocycles. The highest BCUT2D eigenvalue weighted by molar-refractivity contribution is 5.99. The van der Waals surface area contributed by atoms with Gasteiger partial charge in [-0.15, -0.1) is 0 Å². The van der Waals surface area contributed by atoms with Gasteiger partial charge in [0.25, 0.3) is 11.8 Å². The Balaban J connectivity index is 1.73. The molecule has 3 rings (SSSR count). The number of hydrogen-bond acceptors (Lipinski definition) is 3. The molecule has 0 radical (unpaired) electrons. The minimum Gasteiger partial charge on any atom is -0.469 e. The summed E-state index contributed by atoms with van der Waals surface area (Å²) in [5, 5.41) is 0. The van der Waals surface area contributed by atoms with E-state index in [0.29, 0.717) is 16.9 Å². The van der Waals surface area contributed by atoms with Crippen LogP contribution in [-0.4, -0.2) is 16.4 Å². The van der Waals surface area contributed by atoms with Crippen molar-refractivity contribution in [1.82, 2.24) is 15.4 Å². The number of aromatic nitrogens is 1. The summed E-state index contributed by atoms with van der Waals surface area (Å²) in [6.07, 6.45) is 5.25. The first-order chi connectivity index (χ1) is 11.6. The lowest BCUT2D eigenvalue weighted by molar-refractivity contribution is 0.0845. The second-order valence-electron chi connectivity index (χ2n) is 5.39. The molecular weight excluding hydrogens is 306 g/mol. The average Bonchev–Trinajstić information content (AvgIpc) is 3.24. The maximum absolute atomic E-state index is 12.3. The van der Waals surface area contributed by atoms with E-state index >= 15 is 0 Å². The van der Waals surface area contributed by atoms with Crippen LogP contribution in [0.2, 0.25) is 0 Å². The number of aryl methyl sites for hydroxylation is 2. The van der Waals surface area contributed by atoms with Gasteiger partial charge in [0.05, 0.1) is 11.8 Å². The van der Waals surface area contributed by atoms with Crippen LogP contribution in [0.25, 0.3) is 5.69 Å². The molecule has 24 heavy (non-hydrogen) atoms. The predicted octanol–water partition coefficient (Wildman–Crippen LogP) is 2.76. The first-order valence-corrected chi connectivity index (χ1v) is 7.45. The molecule has 0 bridgehead atoms. The zero-order chi connectivity index (χ0) is 17.1. The van der Waals surface area contributed by atoms with Crippen molar-refractivity contribution in [3.8, 4) is 5.69 Å². The Bertz CT molecular complexity index is 879. The minimum absolute atomic E-state index is 0.382.